The maximum absolute atomic E-state index is 0. The van der Waals surface area contributed by atoms with Crippen LogP contribution in [0.5, 0.6) is 0 Å². The molecule has 3 heteroatoms. The van der Waals surface area contributed by atoms with E-state index in [2.05, 4.69) is 0 Å². The average Bonchev–Trinajstić information content (AvgIpc) is 0. The topological polar surface area (TPSA) is 0 Å². The summed E-state index contributed by atoms with van der Waals surface area (Å²) < 4.78 is 0. The van der Waals surface area contributed by atoms with E-state index in [4.69, 9.17) is 0 Å². The Morgan fingerprint density at radius 3 is 1.00 bits per heavy atom. The third-order valence-electron chi connectivity index (χ3n) is 0. The molecule has 0 saturated carbocycles. The molecule has 0 saturated heterocycles. The van der Waals surface area contributed by atoms with Gasteiger partial charge in [0.05, 0.1) is 8.41 Å². The van der Waals surface area contributed by atoms with E-state index in [-0.39, 0.29) is 63.8 Å². The Kier molecular flexibility index (Phi) is 252. The second kappa shape index (κ2) is 22.6. The Labute approximate surface area is 63.3 Å². The maximum Gasteiger partial charge on any atom is 0.0814 e. The van der Waals surface area contributed by atoms with Crippen LogP contribution in [0.3, 0.4) is 0 Å². The Bertz CT molecular complexity index is 8.00. The van der Waals surface area contributed by atoms with Gasteiger partial charge in [0.25, 0.3) is 0 Å². The van der Waals surface area contributed by atoms with Crippen LogP contribution < -0.4 is 0 Å². The van der Waals surface area contributed by atoms with Gasteiger partial charge in [-0.3, -0.25) is 0 Å². The maximum atomic E-state index is 0. The first-order chi connectivity index (χ1) is 0. The molecule has 0 fully saturated rings. The average molecular weight is 169 g/mol. The van der Waals surface area contributed by atoms with E-state index < -0.39 is 0 Å². The van der Waals surface area contributed by atoms with Crippen molar-refractivity contribution in [1.29, 1.82) is 0 Å². The molecule has 0 aromatic carbocycles. The molecular formula is CH7BTiZr. The summed E-state index contributed by atoms with van der Waals surface area (Å²) in [5, 5.41) is 0. The van der Waals surface area contributed by atoms with Crippen molar-refractivity contribution in [3.05, 3.63) is 0 Å². The zero-order chi connectivity index (χ0) is 0. The van der Waals surface area contributed by atoms with Crippen molar-refractivity contribution in [2.75, 3.05) is 0 Å². The minimum absolute atomic E-state index is 0. The van der Waals surface area contributed by atoms with Gasteiger partial charge in [-0.2, -0.15) is 0 Å². The molecule has 22 valence electrons. The van der Waals surface area contributed by atoms with Gasteiger partial charge in [-0.1, -0.05) is 7.43 Å². The summed E-state index contributed by atoms with van der Waals surface area (Å²) in [5.41, 5.74) is 0. The molecule has 0 aromatic rings. The van der Waals surface area contributed by atoms with Crippen LogP contribution in [0.25, 0.3) is 0 Å². The van der Waals surface area contributed by atoms with Gasteiger partial charge in [-0.05, 0) is 0 Å². The molecular weight excluding hydrogens is 162 g/mol. The molecule has 0 heterocycles. The van der Waals surface area contributed by atoms with Crippen LogP contribution in [-0.4, -0.2) is 8.41 Å². The SMILES string of the molecule is B.C.[Ti].[Zr]. The first-order valence-corrected chi connectivity index (χ1v) is 0. The van der Waals surface area contributed by atoms with E-state index >= 15 is 0 Å². The molecule has 0 N–H and O–H groups in total. The molecule has 0 spiro atoms. The molecule has 0 aromatic heterocycles. The first-order valence-electron chi connectivity index (χ1n) is 0. The van der Waals surface area contributed by atoms with Crippen molar-refractivity contribution in [2.24, 2.45) is 0 Å². The Morgan fingerprint density at radius 2 is 1.00 bits per heavy atom. The molecule has 0 radical (unpaired) electrons. The van der Waals surface area contributed by atoms with Crippen molar-refractivity contribution < 1.29 is 47.9 Å². The van der Waals surface area contributed by atoms with E-state index in [1.165, 1.54) is 0 Å². The first kappa shape index (κ1) is 44.5. The minimum Gasteiger partial charge on any atom is -0.0776 e. The second-order valence-electron chi connectivity index (χ2n) is 0. The molecule has 0 aliphatic rings. The molecule has 0 aliphatic carbocycles. The van der Waals surface area contributed by atoms with Gasteiger partial charge in [0.15, 0.2) is 0 Å². The fourth-order valence-electron chi connectivity index (χ4n) is 0. The summed E-state index contributed by atoms with van der Waals surface area (Å²) in [6, 6.07) is 0. The van der Waals surface area contributed by atoms with Crippen molar-refractivity contribution in [2.45, 2.75) is 7.43 Å². The smallest absolute Gasteiger partial charge is 0.0776 e. The van der Waals surface area contributed by atoms with Gasteiger partial charge in [0.1, 0.15) is 0 Å². The van der Waals surface area contributed by atoms with Crippen LogP contribution in [0.1, 0.15) is 7.43 Å². The van der Waals surface area contributed by atoms with Crippen molar-refractivity contribution in [3.8, 4) is 0 Å². The van der Waals surface area contributed by atoms with E-state index in [1.807, 2.05) is 0 Å². The molecule has 0 atom stereocenters. The molecule has 0 aliphatic heterocycles. The second-order valence-corrected chi connectivity index (χ2v) is 0. The number of hydrogen-bond acceptors (Lipinski definition) is 0. The summed E-state index contributed by atoms with van der Waals surface area (Å²) in [7, 11) is 0. The number of hydrogen-bond donors (Lipinski definition) is 0. The van der Waals surface area contributed by atoms with Crippen LogP contribution in [0.2, 0.25) is 0 Å². The largest absolute Gasteiger partial charge is 0.0814 e. The minimum atomic E-state index is 0. The number of rotatable bonds is 0. The zero-order valence-electron chi connectivity index (χ0n) is 1.00. The summed E-state index contributed by atoms with van der Waals surface area (Å²) in [4.78, 5) is 0. The molecule has 4 heavy (non-hydrogen) atoms. The van der Waals surface area contributed by atoms with E-state index in [0.717, 1.165) is 0 Å². The van der Waals surface area contributed by atoms with Crippen LogP contribution in [0, 0.1) is 0 Å². The quantitative estimate of drug-likeness (QED) is 0.426. The van der Waals surface area contributed by atoms with Crippen molar-refractivity contribution in [1.82, 2.24) is 0 Å². The fourth-order valence-corrected chi connectivity index (χ4v) is 0. The Morgan fingerprint density at radius 1 is 1.00 bits per heavy atom. The zero-order valence-corrected chi connectivity index (χ0v) is 5.02. The van der Waals surface area contributed by atoms with Gasteiger partial charge in [-0.25, -0.2) is 0 Å². The Hall–Kier alpha value is 1.66. The molecule has 0 bridgehead atoms. The summed E-state index contributed by atoms with van der Waals surface area (Å²) in [6.07, 6.45) is 0. The third-order valence-corrected chi connectivity index (χ3v) is 0. The van der Waals surface area contributed by atoms with E-state index in [9.17, 15) is 0 Å². The van der Waals surface area contributed by atoms with Gasteiger partial charge in [0, 0.05) is 47.9 Å². The van der Waals surface area contributed by atoms with Crippen molar-refractivity contribution >= 4 is 8.41 Å². The fraction of sp³-hybridized carbons (Fsp3) is 1.00. The predicted octanol–water partition coefficient (Wildman–Crippen LogP) is -0.553. The molecule has 0 nitrogen and oxygen atoms in total. The van der Waals surface area contributed by atoms with Crippen LogP contribution in [0.4, 0.5) is 0 Å². The van der Waals surface area contributed by atoms with E-state index in [0.29, 0.717) is 0 Å². The predicted molar refractivity (Wildman–Crippen MR) is 16.7 cm³/mol. The molecule has 0 rings (SSSR count). The summed E-state index contributed by atoms with van der Waals surface area (Å²) in [5.74, 6) is 0. The van der Waals surface area contributed by atoms with E-state index in [1.54, 1.807) is 0 Å². The summed E-state index contributed by atoms with van der Waals surface area (Å²) in [6.45, 7) is 0. The normalized spacial score (nSPS) is 0. The van der Waals surface area contributed by atoms with Gasteiger partial charge < -0.3 is 0 Å². The van der Waals surface area contributed by atoms with Crippen LogP contribution >= 0.6 is 0 Å². The summed E-state index contributed by atoms with van der Waals surface area (Å²) >= 11 is 0. The van der Waals surface area contributed by atoms with Gasteiger partial charge >= 0.3 is 0 Å². The van der Waals surface area contributed by atoms with Crippen molar-refractivity contribution in [3.63, 3.8) is 0 Å². The van der Waals surface area contributed by atoms with Crippen LogP contribution in [0.15, 0.2) is 0 Å². The molecule has 0 unspecified atom stereocenters. The third kappa shape index (κ3) is 9.39. The van der Waals surface area contributed by atoms with Gasteiger partial charge in [0.2, 0.25) is 0 Å². The van der Waals surface area contributed by atoms with Crippen LogP contribution in [-0.2, 0) is 47.9 Å². The molecule has 0 amide bonds. The standard InChI is InChI=1S/CH4.BH3.Ti.Zr/h1H4;1H3;;. The monoisotopic (exact) mass is 168 g/mol. The van der Waals surface area contributed by atoms with Gasteiger partial charge in [-0.15, -0.1) is 0 Å². The Balaban J connectivity index is 0.